The van der Waals surface area contributed by atoms with Gasteiger partial charge >= 0.3 is 0 Å². The van der Waals surface area contributed by atoms with E-state index in [1.54, 1.807) is 0 Å². The van der Waals surface area contributed by atoms with Crippen molar-refractivity contribution in [3.05, 3.63) is 0 Å². The summed E-state index contributed by atoms with van der Waals surface area (Å²) < 4.78 is 38.4. The highest BCUT2D eigenvalue weighted by Gasteiger charge is 2.34. The first-order valence-corrected chi connectivity index (χ1v) is 26.0. The van der Waals surface area contributed by atoms with Crippen molar-refractivity contribution < 1.29 is 31.6 Å². The van der Waals surface area contributed by atoms with E-state index >= 15 is 0 Å². The van der Waals surface area contributed by atoms with Gasteiger partial charge < -0.3 is 28.9 Å². The van der Waals surface area contributed by atoms with E-state index in [2.05, 4.69) is 150 Å². The standard InChI is InChI=1S/C17H38NO2PS2.C16H37N2OP.C4H10O.C3H8O2.CH3Cl/c1-9-10-12-19-21(18(15(2)3)16(4)5)20-13-11-14-22-23-17(6,7)8;1-10-11-12-19-20(17(13(2)3)14(4)5)18(15(6)7)16(8)9;1-2-3-4-5;4-2-1-3-5;1-2/h15-16H,9-14H2,1-8H3;13-16H,10-12H2,1-9H3;5H,2-4H2,1H3;4-5H,1-3H2;1H3/i;;;;1TD. The lowest BCUT2D eigenvalue weighted by atomic mass is 10.3. The van der Waals surface area contributed by atoms with Crippen LogP contribution in [0.5, 0.6) is 0 Å². The van der Waals surface area contributed by atoms with Gasteiger partial charge in [0.25, 0.3) is 8.53 Å². The zero-order valence-corrected chi connectivity index (χ0v) is 43.3. The average molecular weight is 892 g/mol. The van der Waals surface area contributed by atoms with Crippen LogP contribution < -0.4 is 0 Å². The number of halogens is 1. The van der Waals surface area contributed by atoms with Crippen LogP contribution in [0.3, 0.4) is 0 Å². The molecular weight excluding hydrogens is 792 g/mol. The lowest BCUT2D eigenvalue weighted by Gasteiger charge is -2.45. The van der Waals surface area contributed by atoms with Crippen LogP contribution in [0.1, 0.15) is 179 Å². The van der Waals surface area contributed by atoms with Gasteiger partial charge in [0.05, 0.1) is 19.8 Å². The molecule has 14 heteroatoms. The Labute approximate surface area is 363 Å². The molecule has 0 aliphatic heterocycles. The summed E-state index contributed by atoms with van der Waals surface area (Å²) in [5.74, 6) is 1.13. The number of aliphatic hydroxyl groups is 3. The van der Waals surface area contributed by atoms with E-state index in [0.717, 1.165) is 64.1 Å². The Bertz CT molecular complexity index is 745. The Balaban J connectivity index is -0.000000238. The highest BCUT2D eigenvalue weighted by atomic mass is 35.5. The predicted molar refractivity (Wildman–Crippen MR) is 255 cm³/mol. The van der Waals surface area contributed by atoms with Crippen molar-refractivity contribution in [2.75, 3.05) is 51.7 Å². The second-order valence-electron chi connectivity index (χ2n) is 15.6. The fourth-order valence-corrected chi connectivity index (χ4v) is 11.0. The molecule has 0 aromatic rings. The maximum atomic E-state index is 8.07. The molecule has 0 heterocycles. The number of hydrogen-bond donors (Lipinski definition) is 3. The minimum atomic E-state index is -1.19. The molecule has 0 fully saturated rings. The third-order valence-corrected chi connectivity index (χ3v) is 15.5. The highest BCUT2D eigenvalue weighted by Crippen LogP contribution is 2.51. The Morgan fingerprint density at radius 2 is 0.927 bits per heavy atom. The Morgan fingerprint density at radius 3 is 1.18 bits per heavy atom. The van der Waals surface area contributed by atoms with Gasteiger partial charge in [-0.25, -0.2) is 14.0 Å². The van der Waals surface area contributed by atoms with Crippen LogP contribution in [0.25, 0.3) is 0 Å². The summed E-state index contributed by atoms with van der Waals surface area (Å²) >= 11 is 4.61. The maximum Gasteiger partial charge on any atom is 0.259 e. The van der Waals surface area contributed by atoms with Crippen LogP contribution in [0.4, 0.5) is 0 Å². The molecule has 9 nitrogen and oxygen atoms in total. The number of rotatable bonds is 27. The normalized spacial score (nSPS) is 13.5. The summed E-state index contributed by atoms with van der Waals surface area (Å²) in [7, 11) is 2.26. The summed E-state index contributed by atoms with van der Waals surface area (Å²) in [6.07, 6.45) is 7.02. The molecule has 0 spiro atoms. The van der Waals surface area contributed by atoms with Gasteiger partial charge in [0, 0.05) is 75.6 Å². The molecule has 0 bridgehead atoms. The van der Waals surface area contributed by atoms with Crippen LogP contribution >= 0.6 is 50.2 Å². The van der Waals surface area contributed by atoms with E-state index in [1.165, 1.54) is 6.42 Å². The van der Waals surface area contributed by atoms with E-state index in [-0.39, 0.29) is 13.2 Å². The fourth-order valence-electron chi connectivity index (χ4n) is 4.66. The zero-order valence-electron chi connectivity index (χ0n) is 41.1. The summed E-state index contributed by atoms with van der Waals surface area (Å²) in [5.41, 5.74) is 0. The highest BCUT2D eigenvalue weighted by molar-refractivity contribution is 8.77. The van der Waals surface area contributed by atoms with E-state index in [1.807, 2.05) is 21.6 Å². The summed E-state index contributed by atoms with van der Waals surface area (Å²) in [4.78, 5) is 0. The van der Waals surface area contributed by atoms with Crippen molar-refractivity contribution in [2.45, 2.75) is 217 Å². The molecule has 0 radical (unpaired) electrons. The van der Waals surface area contributed by atoms with Gasteiger partial charge in [0.15, 0.2) is 8.45 Å². The van der Waals surface area contributed by atoms with Crippen LogP contribution in [0, 0.1) is 0 Å². The average Bonchev–Trinajstić information content (AvgIpc) is 3.06. The Hall–Kier alpha value is 1.49. The molecule has 0 saturated carbocycles. The summed E-state index contributed by atoms with van der Waals surface area (Å²) in [6.45, 7) is 43.3. The van der Waals surface area contributed by atoms with Gasteiger partial charge in [-0.3, -0.25) is 0 Å². The van der Waals surface area contributed by atoms with Gasteiger partial charge in [0.2, 0.25) is 0 Å². The fraction of sp³-hybridized carbons (Fsp3) is 1.00. The van der Waals surface area contributed by atoms with Crippen molar-refractivity contribution in [1.29, 1.82) is 0 Å². The van der Waals surface area contributed by atoms with Gasteiger partial charge in [-0.1, -0.05) is 82.4 Å². The lowest BCUT2D eigenvalue weighted by molar-refractivity contribution is 0.173. The minimum absolute atomic E-state index is 0.0938. The summed E-state index contributed by atoms with van der Waals surface area (Å²) in [6, 6.07) is 2.89. The monoisotopic (exact) mass is 891 g/mol. The first kappa shape index (κ1) is 60.8. The summed E-state index contributed by atoms with van der Waals surface area (Å²) in [5, 5.41) is 23.9. The molecule has 2 unspecified atom stereocenters. The van der Waals surface area contributed by atoms with E-state index in [9.17, 15) is 0 Å². The molecular formula is C41H96ClN3O6P2S2. The molecule has 55 heavy (non-hydrogen) atoms. The van der Waals surface area contributed by atoms with Gasteiger partial charge in [-0.05, 0) is 115 Å². The molecule has 0 aromatic heterocycles. The molecule has 0 aliphatic carbocycles. The molecule has 2 atom stereocenters. The Kier molecular flexibility index (Phi) is 49.8. The first-order chi connectivity index (χ1) is 26.5. The third-order valence-electron chi connectivity index (χ3n) is 6.87. The van der Waals surface area contributed by atoms with Gasteiger partial charge in [-0.2, -0.15) is 0 Å². The molecule has 0 aromatic carbocycles. The number of aliphatic hydroxyl groups excluding tert-OH is 3. The molecule has 0 saturated heterocycles. The number of alkyl halides is 1. The quantitative estimate of drug-likeness (QED) is 0.0318. The van der Waals surface area contributed by atoms with Crippen molar-refractivity contribution in [3.63, 3.8) is 0 Å². The lowest BCUT2D eigenvalue weighted by Crippen LogP contribution is -2.43. The number of unbranched alkanes of at least 4 members (excludes halogenated alkanes) is 3. The van der Waals surface area contributed by atoms with E-state index < -0.39 is 23.3 Å². The van der Waals surface area contributed by atoms with Crippen molar-refractivity contribution in [2.24, 2.45) is 0 Å². The topological polar surface area (TPSA) is 98.1 Å². The number of nitrogens with zero attached hydrogens (tertiary/aromatic N) is 3. The van der Waals surface area contributed by atoms with Gasteiger partial charge in [-0.15, -0.1) is 11.6 Å². The molecule has 0 aliphatic rings. The van der Waals surface area contributed by atoms with Crippen LogP contribution in [0.15, 0.2) is 0 Å². The zero-order chi connectivity index (χ0) is 45.6. The largest absolute Gasteiger partial charge is 0.396 e. The second kappa shape index (κ2) is 45.0. The second-order valence-corrected chi connectivity index (χ2v) is 22.0. The Morgan fingerprint density at radius 1 is 0.600 bits per heavy atom. The van der Waals surface area contributed by atoms with Crippen LogP contribution in [0.2, 0.25) is 0 Å². The first-order valence-electron chi connectivity index (χ1n) is 22.1. The van der Waals surface area contributed by atoms with E-state index in [0.29, 0.717) is 54.0 Å². The molecule has 3 N–H and O–H groups in total. The van der Waals surface area contributed by atoms with Crippen molar-refractivity contribution in [3.8, 4) is 0 Å². The molecule has 0 amide bonds. The minimum Gasteiger partial charge on any atom is -0.396 e. The molecule has 340 valence electrons. The smallest absolute Gasteiger partial charge is 0.259 e. The van der Waals surface area contributed by atoms with Gasteiger partial charge in [0.1, 0.15) is 0 Å². The van der Waals surface area contributed by atoms with E-state index in [4.69, 9.17) is 31.6 Å². The predicted octanol–water partition coefficient (Wildman–Crippen LogP) is 13.0. The van der Waals surface area contributed by atoms with Crippen molar-refractivity contribution in [1.82, 2.24) is 14.0 Å². The van der Waals surface area contributed by atoms with Crippen LogP contribution in [-0.4, -0.2) is 122 Å². The molecule has 0 rings (SSSR count). The number of hydrogen-bond acceptors (Lipinski definition) is 11. The van der Waals surface area contributed by atoms with Crippen molar-refractivity contribution >= 4 is 50.2 Å². The SMILES string of the molecule is CCCCO.CCCCOP(N(C(C)C)C(C)C)N(C(C)C)C(C)C.CCCCOP(OCCCSSC(C)(C)C)N(C(C)C)C(C)C.OCCCO.[2H]C([3H])Cl. The third kappa shape index (κ3) is 42.0. The maximum absolute atomic E-state index is 8.07. The van der Waals surface area contributed by atoms with Crippen LogP contribution in [-0.2, 0) is 13.6 Å².